The number of nitrogen functional groups attached to an aromatic ring is 1. The summed E-state index contributed by atoms with van der Waals surface area (Å²) in [6, 6.07) is 0. The Hall–Kier alpha value is -1.80. The highest BCUT2D eigenvalue weighted by Crippen LogP contribution is 2.18. The number of anilines is 1. The van der Waals surface area contributed by atoms with Crippen LogP contribution in [0.4, 0.5) is 19.1 Å². The number of hydrogen-bond acceptors (Lipinski definition) is 4. The number of aromatic nitrogens is 3. The Kier molecular flexibility index (Phi) is 4.15. The number of aromatic amines is 1. The van der Waals surface area contributed by atoms with Gasteiger partial charge in [-0.2, -0.15) is 18.2 Å². The molecule has 0 fully saturated rings. The standard InChI is InChI=1S/C9H14F3N5O/c1-5(2)3-17(4-9(10,11)12)7(18)6-14-8(13)16-15-6/h5H,3-4H2,1-2H3,(H3,13,14,15,16). The lowest BCUT2D eigenvalue weighted by Crippen LogP contribution is -2.41. The fraction of sp³-hybridized carbons (Fsp3) is 0.667. The molecule has 1 rings (SSSR count). The number of amides is 1. The summed E-state index contributed by atoms with van der Waals surface area (Å²) < 4.78 is 37.1. The van der Waals surface area contributed by atoms with E-state index in [2.05, 4.69) is 15.2 Å². The molecule has 18 heavy (non-hydrogen) atoms. The van der Waals surface area contributed by atoms with Gasteiger partial charge in [-0.1, -0.05) is 13.8 Å². The fourth-order valence-corrected chi connectivity index (χ4v) is 1.40. The minimum absolute atomic E-state index is 0.0288. The first-order chi connectivity index (χ1) is 8.19. The molecule has 0 aliphatic rings. The average molecular weight is 265 g/mol. The molecular weight excluding hydrogens is 251 g/mol. The van der Waals surface area contributed by atoms with Crippen LogP contribution in [0.5, 0.6) is 0 Å². The molecule has 102 valence electrons. The van der Waals surface area contributed by atoms with Gasteiger partial charge in [0.2, 0.25) is 11.8 Å². The number of nitrogens with two attached hydrogens (primary N) is 1. The van der Waals surface area contributed by atoms with Crippen LogP contribution in [0.1, 0.15) is 24.5 Å². The van der Waals surface area contributed by atoms with Gasteiger partial charge in [0.1, 0.15) is 6.54 Å². The Morgan fingerprint density at radius 1 is 1.50 bits per heavy atom. The number of nitrogens with zero attached hydrogens (tertiary/aromatic N) is 3. The summed E-state index contributed by atoms with van der Waals surface area (Å²) in [7, 11) is 0. The second kappa shape index (κ2) is 5.23. The van der Waals surface area contributed by atoms with E-state index in [-0.39, 0.29) is 24.2 Å². The third-order valence-electron chi connectivity index (χ3n) is 1.95. The number of carbonyl (C=O) groups is 1. The van der Waals surface area contributed by atoms with E-state index in [9.17, 15) is 18.0 Å². The first-order valence-electron chi connectivity index (χ1n) is 5.23. The molecule has 0 saturated carbocycles. The number of alkyl halides is 3. The predicted octanol–water partition coefficient (Wildman–Crippen LogP) is 1.05. The number of hydrogen-bond donors (Lipinski definition) is 2. The Balaban J connectivity index is 2.85. The maximum Gasteiger partial charge on any atom is 0.406 e. The normalized spacial score (nSPS) is 11.9. The Morgan fingerprint density at radius 2 is 2.11 bits per heavy atom. The van der Waals surface area contributed by atoms with E-state index in [1.165, 1.54) is 0 Å². The van der Waals surface area contributed by atoms with Crippen LogP contribution in [0.15, 0.2) is 0 Å². The molecule has 0 bridgehead atoms. The molecule has 0 aliphatic heterocycles. The molecule has 1 heterocycles. The molecule has 1 amide bonds. The van der Waals surface area contributed by atoms with E-state index < -0.39 is 18.6 Å². The van der Waals surface area contributed by atoms with Gasteiger partial charge in [-0.25, -0.2) is 0 Å². The van der Waals surface area contributed by atoms with Crippen molar-refractivity contribution in [3.8, 4) is 0 Å². The first-order valence-corrected chi connectivity index (χ1v) is 5.23. The first kappa shape index (κ1) is 14.3. The van der Waals surface area contributed by atoms with Gasteiger partial charge in [0.15, 0.2) is 0 Å². The molecular formula is C9H14F3N5O. The molecule has 6 nitrogen and oxygen atoms in total. The van der Waals surface area contributed by atoms with Crippen molar-refractivity contribution in [1.29, 1.82) is 0 Å². The summed E-state index contributed by atoms with van der Waals surface area (Å²) in [5.74, 6) is -1.45. The van der Waals surface area contributed by atoms with Crippen molar-refractivity contribution in [2.45, 2.75) is 20.0 Å². The highest BCUT2D eigenvalue weighted by atomic mass is 19.4. The van der Waals surface area contributed by atoms with E-state index in [0.29, 0.717) is 4.90 Å². The van der Waals surface area contributed by atoms with Crippen LogP contribution >= 0.6 is 0 Å². The van der Waals surface area contributed by atoms with Gasteiger partial charge in [-0.15, -0.1) is 5.10 Å². The second-order valence-corrected chi connectivity index (χ2v) is 4.24. The van der Waals surface area contributed by atoms with Gasteiger partial charge < -0.3 is 10.6 Å². The SMILES string of the molecule is CC(C)CN(CC(F)(F)F)C(=O)c1nc(N)n[nH]1. The van der Waals surface area contributed by atoms with Gasteiger partial charge in [-0.3, -0.25) is 9.89 Å². The quantitative estimate of drug-likeness (QED) is 0.851. The van der Waals surface area contributed by atoms with E-state index in [1.54, 1.807) is 13.8 Å². The van der Waals surface area contributed by atoms with Crippen LogP contribution in [0.25, 0.3) is 0 Å². The number of H-pyrrole nitrogens is 1. The maximum absolute atomic E-state index is 12.4. The third-order valence-corrected chi connectivity index (χ3v) is 1.95. The molecule has 0 spiro atoms. The summed E-state index contributed by atoms with van der Waals surface area (Å²) in [6.45, 7) is 2.07. The summed E-state index contributed by atoms with van der Waals surface area (Å²) in [4.78, 5) is 16.0. The summed E-state index contributed by atoms with van der Waals surface area (Å²) >= 11 is 0. The van der Waals surface area contributed by atoms with E-state index in [4.69, 9.17) is 5.73 Å². The van der Waals surface area contributed by atoms with Crippen molar-refractivity contribution in [1.82, 2.24) is 20.1 Å². The van der Waals surface area contributed by atoms with Gasteiger partial charge in [-0.05, 0) is 5.92 Å². The van der Waals surface area contributed by atoms with Gasteiger partial charge in [0.25, 0.3) is 5.91 Å². The second-order valence-electron chi connectivity index (χ2n) is 4.24. The number of rotatable bonds is 4. The van der Waals surface area contributed by atoms with Crippen LogP contribution in [0.3, 0.4) is 0 Å². The van der Waals surface area contributed by atoms with Gasteiger partial charge in [0, 0.05) is 6.54 Å². The van der Waals surface area contributed by atoms with Crippen LogP contribution in [-0.4, -0.2) is 45.3 Å². The molecule has 0 atom stereocenters. The maximum atomic E-state index is 12.4. The average Bonchev–Trinajstić information content (AvgIpc) is 2.59. The number of nitrogens with one attached hydrogen (secondary N) is 1. The molecule has 0 saturated heterocycles. The topological polar surface area (TPSA) is 87.9 Å². The van der Waals surface area contributed by atoms with Crippen LogP contribution in [0, 0.1) is 5.92 Å². The zero-order valence-corrected chi connectivity index (χ0v) is 9.95. The summed E-state index contributed by atoms with van der Waals surface area (Å²) in [5.41, 5.74) is 5.20. The Morgan fingerprint density at radius 3 is 2.50 bits per heavy atom. The van der Waals surface area contributed by atoms with E-state index in [0.717, 1.165) is 0 Å². The summed E-state index contributed by atoms with van der Waals surface area (Å²) in [5, 5.41) is 5.61. The van der Waals surface area contributed by atoms with Gasteiger partial charge >= 0.3 is 6.18 Å². The zero-order chi connectivity index (χ0) is 13.9. The van der Waals surface area contributed by atoms with Crippen molar-refractivity contribution >= 4 is 11.9 Å². The lowest BCUT2D eigenvalue weighted by Gasteiger charge is -2.24. The lowest BCUT2D eigenvalue weighted by atomic mass is 10.2. The van der Waals surface area contributed by atoms with E-state index in [1.807, 2.05) is 0 Å². The molecule has 0 radical (unpaired) electrons. The van der Waals surface area contributed by atoms with Crippen molar-refractivity contribution in [2.24, 2.45) is 5.92 Å². The van der Waals surface area contributed by atoms with Crippen LogP contribution < -0.4 is 5.73 Å². The largest absolute Gasteiger partial charge is 0.406 e. The van der Waals surface area contributed by atoms with Gasteiger partial charge in [0.05, 0.1) is 0 Å². The number of halogens is 3. The molecule has 0 aliphatic carbocycles. The zero-order valence-electron chi connectivity index (χ0n) is 9.95. The third kappa shape index (κ3) is 4.22. The number of carbonyl (C=O) groups excluding carboxylic acids is 1. The molecule has 0 unspecified atom stereocenters. The van der Waals surface area contributed by atoms with Crippen molar-refractivity contribution in [3.63, 3.8) is 0 Å². The smallest absolute Gasteiger partial charge is 0.366 e. The fourth-order valence-electron chi connectivity index (χ4n) is 1.40. The predicted molar refractivity (Wildman–Crippen MR) is 57.6 cm³/mol. The van der Waals surface area contributed by atoms with Crippen molar-refractivity contribution < 1.29 is 18.0 Å². The van der Waals surface area contributed by atoms with Crippen molar-refractivity contribution in [3.05, 3.63) is 5.82 Å². The Bertz CT molecular complexity index is 415. The minimum Gasteiger partial charge on any atom is -0.366 e. The highest BCUT2D eigenvalue weighted by molar-refractivity contribution is 5.90. The minimum atomic E-state index is -4.46. The molecule has 0 aromatic carbocycles. The van der Waals surface area contributed by atoms with Crippen LogP contribution in [0.2, 0.25) is 0 Å². The monoisotopic (exact) mass is 265 g/mol. The highest BCUT2D eigenvalue weighted by Gasteiger charge is 2.34. The molecule has 1 aromatic heterocycles. The van der Waals surface area contributed by atoms with Crippen LogP contribution in [-0.2, 0) is 0 Å². The molecule has 3 N–H and O–H groups in total. The van der Waals surface area contributed by atoms with E-state index >= 15 is 0 Å². The molecule has 1 aromatic rings. The Labute approximate surface area is 101 Å². The summed E-state index contributed by atoms with van der Waals surface area (Å²) in [6.07, 6.45) is -4.46. The molecule has 9 heteroatoms. The lowest BCUT2D eigenvalue weighted by molar-refractivity contribution is -0.141. The van der Waals surface area contributed by atoms with Crippen molar-refractivity contribution in [2.75, 3.05) is 18.8 Å².